The maximum atomic E-state index is 12.6. The van der Waals surface area contributed by atoms with Crippen LogP contribution in [0.4, 0.5) is 13.2 Å². The molecule has 13 heteroatoms. The number of guanidine groups is 1. The van der Waals surface area contributed by atoms with Gasteiger partial charge in [-0.2, -0.15) is 17.5 Å². The number of hydrogen-bond acceptors (Lipinski definition) is 5. The first kappa shape index (κ1) is 27.7. The second kappa shape index (κ2) is 13.2. The van der Waals surface area contributed by atoms with E-state index in [0.29, 0.717) is 48.7 Å². The van der Waals surface area contributed by atoms with Crippen molar-refractivity contribution in [2.24, 2.45) is 16.8 Å². The van der Waals surface area contributed by atoms with Crippen molar-refractivity contribution in [3.8, 4) is 0 Å². The molecule has 2 N–H and O–H groups in total. The van der Waals surface area contributed by atoms with Crippen molar-refractivity contribution in [3.63, 3.8) is 0 Å². The van der Waals surface area contributed by atoms with Gasteiger partial charge in [0.25, 0.3) is 0 Å². The lowest BCUT2D eigenvalue weighted by Gasteiger charge is -2.31. The number of nitrogens with one attached hydrogen (secondary N) is 2. The summed E-state index contributed by atoms with van der Waals surface area (Å²) in [6.07, 6.45) is 2.62. The zero-order valence-electron chi connectivity index (χ0n) is 17.1. The van der Waals surface area contributed by atoms with E-state index in [1.165, 1.54) is 0 Å². The molecule has 30 heavy (non-hydrogen) atoms. The third kappa shape index (κ3) is 8.63. The molecule has 1 unspecified atom stereocenters. The molecule has 2 aliphatic heterocycles. The molecular weight excluding hydrogens is 540 g/mol. The van der Waals surface area contributed by atoms with Crippen molar-refractivity contribution in [1.82, 2.24) is 14.9 Å². The Hall–Kier alpha value is -0.380. The van der Waals surface area contributed by atoms with E-state index in [1.807, 2.05) is 0 Å². The van der Waals surface area contributed by atoms with Crippen molar-refractivity contribution in [2.75, 3.05) is 59.7 Å². The second-order valence-electron chi connectivity index (χ2n) is 7.33. The molecule has 2 fully saturated rings. The average Bonchev–Trinajstić information content (AvgIpc) is 3.20. The quantitative estimate of drug-likeness (QED) is 0.190. The van der Waals surface area contributed by atoms with Crippen LogP contribution in [-0.4, -0.2) is 83.8 Å². The smallest absolute Gasteiger partial charge is 0.381 e. The number of ether oxygens (including phenoxy) is 2. The number of halogens is 4. The highest BCUT2D eigenvalue weighted by Gasteiger charge is 2.50. The summed E-state index contributed by atoms with van der Waals surface area (Å²) >= 11 is 0. The highest BCUT2D eigenvalue weighted by atomic mass is 127. The van der Waals surface area contributed by atoms with E-state index in [1.54, 1.807) is 7.05 Å². The minimum atomic E-state index is -5.24. The second-order valence-corrected chi connectivity index (χ2v) is 9.26. The Bertz CT molecular complexity index is 623. The number of piperidine rings is 1. The summed E-state index contributed by atoms with van der Waals surface area (Å²) in [6.45, 7) is 3.92. The first-order valence-corrected chi connectivity index (χ1v) is 11.3. The molecule has 0 aromatic heterocycles. The van der Waals surface area contributed by atoms with E-state index >= 15 is 0 Å². The fourth-order valence-corrected chi connectivity index (χ4v) is 4.29. The fraction of sp³-hybridized carbons (Fsp3) is 0.941. The van der Waals surface area contributed by atoms with Gasteiger partial charge in [-0.3, -0.25) is 4.99 Å². The van der Waals surface area contributed by atoms with Gasteiger partial charge in [0.05, 0.1) is 13.2 Å². The summed E-state index contributed by atoms with van der Waals surface area (Å²) in [5.74, 6) is 1.19. The molecule has 2 rings (SSSR count). The van der Waals surface area contributed by atoms with Crippen molar-refractivity contribution < 1.29 is 31.1 Å². The zero-order valence-corrected chi connectivity index (χ0v) is 20.3. The van der Waals surface area contributed by atoms with Gasteiger partial charge in [-0.05, 0) is 31.6 Å². The number of alkyl halides is 3. The molecule has 2 heterocycles. The highest BCUT2D eigenvalue weighted by molar-refractivity contribution is 14.0. The van der Waals surface area contributed by atoms with Gasteiger partial charge in [0.2, 0.25) is 0 Å². The number of aliphatic imine (C=N–C) groups is 1. The third-order valence-electron chi connectivity index (χ3n) is 5.12. The van der Waals surface area contributed by atoms with Crippen molar-refractivity contribution in [1.29, 1.82) is 0 Å². The Morgan fingerprint density at radius 2 is 1.90 bits per heavy atom. The van der Waals surface area contributed by atoms with Crippen LogP contribution in [0, 0.1) is 11.8 Å². The fourth-order valence-electron chi connectivity index (χ4n) is 3.31. The topological polar surface area (TPSA) is 92.3 Å². The van der Waals surface area contributed by atoms with Crippen LogP contribution in [0.5, 0.6) is 0 Å². The monoisotopic (exact) mass is 572 g/mol. The molecule has 0 radical (unpaired) electrons. The Morgan fingerprint density at radius 1 is 1.20 bits per heavy atom. The molecule has 1 atom stereocenters. The maximum Gasteiger partial charge on any atom is 0.511 e. The minimum absolute atomic E-state index is 0. The lowest BCUT2D eigenvalue weighted by Crippen LogP contribution is -2.47. The van der Waals surface area contributed by atoms with E-state index in [9.17, 15) is 21.6 Å². The number of sulfonamides is 1. The van der Waals surface area contributed by atoms with Crippen LogP contribution in [0.1, 0.15) is 25.7 Å². The first-order chi connectivity index (χ1) is 13.7. The van der Waals surface area contributed by atoms with E-state index in [2.05, 4.69) is 15.6 Å². The van der Waals surface area contributed by atoms with Crippen molar-refractivity contribution in [3.05, 3.63) is 0 Å². The Labute approximate surface area is 193 Å². The van der Waals surface area contributed by atoms with Crippen LogP contribution in [-0.2, 0) is 19.5 Å². The van der Waals surface area contributed by atoms with Crippen molar-refractivity contribution >= 4 is 40.0 Å². The van der Waals surface area contributed by atoms with E-state index in [0.717, 1.165) is 32.7 Å². The predicted octanol–water partition coefficient (Wildman–Crippen LogP) is 1.77. The number of nitrogens with zero attached hydrogens (tertiary/aromatic N) is 2. The zero-order chi connectivity index (χ0) is 21.3. The molecular formula is C17H32F3IN4O4S. The van der Waals surface area contributed by atoms with Crippen LogP contribution in [0.15, 0.2) is 4.99 Å². The Kier molecular flexibility index (Phi) is 12.2. The lowest BCUT2D eigenvalue weighted by molar-refractivity contribution is -0.0496. The predicted molar refractivity (Wildman–Crippen MR) is 118 cm³/mol. The van der Waals surface area contributed by atoms with Gasteiger partial charge in [0.15, 0.2) is 5.96 Å². The van der Waals surface area contributed by atoms with Crippen LogP contribution in [0.25, 0.3) is 0 Å². The van der Waals surface area contributed by atoms with Gasteiger partial charge >= 0.3 is 15.5 Å². The van der Waals surface area contributed by atoms with Gasteiger partial charge in [-0.1, -0.05) is 0 Å². The highest BCUT2D eigenvalue weighted by Crippen LogP contribution is 2.30. The third-order valence-corrected chi connectivity index (χ3v) is 6.75. The largest absolute Gasteiger partial charge is 0.511 e. The van der Waals surface area contributed by atoms with E-state index in [4.69, 9.17) is 9.47 Å². The van der Waals surface area contributed by atoms with E-state index < -0.39 is 15.5 Å². The first-order valence-electron chi connectivity index (χ1n) is 9.90. The van der Waals surface area contributed by atoms with Crippen molar-refractivity contribution in [2.45, 2.75) is 31.2 Å². The lowest BCUT2D eigenvalue weighted by atomic mass is 9.98. The maximum absolute atomic E-state index is 12.6. The summed E-state index contributed by atoms with van der Waals surface area (Å²) in [5, 5.41) is 6.32. The summed E-state index contributed by atoms with van der Waals surface area (Å²) < 4.78 is 72.1. The molecule has 8 nitrogen and oxygen atoms in total. The summed E-state index contributed by atoms with van der Waals surface area (Å²) in [4.78, 5) is 4.12. The molecule has 0 aromatic rings. The van der Waals surface area contributed by atoms with Crippen LogP contribution in [0.3, 0.4) is 0 Å². The minimum Gasteiger partial charge on any atom is -0.381 e. The Morgan fingerprint density at radius 3 is 2.47 bits per heavy atom. The molecule has 0 saturated carbocycles. The normalized spacial score (nSPS) is 22.0. The average molecular weight is 572 g/mol. The molecule has 0 spiro atoms. The number of hydrogen-bond donors (Lipinski definition) is 2. The standard InChI is InChI=1S/C17H31F3N4O4S.HI/c1-21-16(22-6-2-9-27-12-15-5-10-28-13-15)23-11-14-3-7-24(8-4-14)29(25,26)17(18,19)20;/h14-15H,2-13H2,1H3,(H2,21,22,23);1H. The summed E-state index contributed by atoms with van der Waals surface area (Å²) in [5.41, 5.74) is -5.24. The van der Waals surface area contributed by atoms with Crippen LogP contribution >= 0.6 is 24.0 Å². The van der Waals surface area contributed by atoms with Crippen LogP contribution < -0.4 is 10.6 Å². The van der Waals surface area contributed by atoms with Crippen LogP contribution in [0.2, 0.25) is 0 Å². The van der Waals surface area contributed by atoms with Gasteiger partial charge in [-0.15, -0.1) is 24.0 Å². The molecule has 0 aliphatic carbocycles. The molecule has 0 aromatic carbocycles. The Balaban J connectivity index is 0.00000450. The van der Waals surface area contributed by atoms with E-state index in [-0.39, 0.29) is 43.0 Å². The summed E-state index contributed by atoms with van der Waals surface area (Å²) in [7, 11) is -3.58. The molecule has 178 valence electrons. The SMILES string of the molecule is CN=C(NCCCOCC1CCOC1)NCC1CCN(S(=O)(=O)C(F)(F)F)CC1.I. The number of rotatable bonds is 9. The van der Waals surface area contributed by atoms with Gasteiger partial charge in [0.1, 0.15) is 0 Å². The van der Waals surface area contributed by atoms with Gasteiger partial charge < -0.3 is 20.1 Å². The molecule has 2 aliphatic rings. The molecule has 2 saturated heterocycles. The molecule has 0 amide bonds. The molecule has 0 bridgehead atoms. The van der Waals surface area contributed by atoms with Gasteiger partial charge in [-0.25, -0.2) is 8.42 Å². The summed E-state index contributed by atoms with van der Waals surface area (Å²) in [6, 6.07) is 0. The van der Waals surface area contributed by atoms with Gasteiger partial charge in [0, 0.05) is 52.4 Å².